The van der Waals surface area contributed by atoms with Crippen LogP contribution in [0.2, 0.25) is 0 Å². The Morgan fingerprint density at radius 1 is 1.15 bits per heavy atom. The van der Waals surface area contributed by atoms with Crippen LogP contribution in [0.15, 0.2) is 30.5 Å². The number of benzene rings is 1. The smallest absolute Gasteiger partial charge is 0.274 e. The maximum atomic E-state index is 13.1. The number of nitrogens with one attached hydrogen (secondary N) is 2. The van der Waals surface area contributed by atoms with E-state index in [0.29, 0.717) is 42.9 Å². The normalized spacial score (nSPS) is 19.4. The van der Waals surface area contributed by atoms with Crippen LogP contribution in [-0.4, -0.2) is 69.2 Å². The van der Waals surface area contributed by atoms with Crippen LogP contribution in [0, 0.1) is 19.8 Å². The third-order valence-corrected chi connectivity index (χ3v) is 7.20. The molecule has 2 aliphatic heterocycles. The Bertz CT molecular complexity index is 1140. The van der Waals surface area contributed by atoms with Crippen molar-refractivity contribution in [1.29, 1.82) is 0 Å². The fourth-order valence-electron chi connectivity index (χ4n) is 4.68. The zero-order valence-electron chi connectivity index (χ0n) is 19.6. The molecule has 1 saturated carbocycles. The zero-order chi connectivity index (χ0) is 24.0. The number of nitrogens with zero attached hydrogens (tertiary/aromatic N) is 3. The number of β-amino-alcohol motifs (C(OH)–C–C–N with tert-alkyl or cyclic N) is 1. The largest absolute Gasteiger partial charge is 0.388 e. The summed E-state index contributed by atoms with van der Waals surface area (Å²) in [5, 5.41) is 14.0. The Kier molecular flexibility index (Phi) is 5.59. The van der Waals surface area contributed by atoms with E-state index in [2.05, 4.69) is 10.7 Å². The highest BCUT2D eigenvalue weighted by Gasteiger charge is 2.41. The molecule has 3 N–H and O–H groups in total. The molecule has 2 aromatic rings. The van der Waals surface area contributed by atoms with Gasteiger partial charge in [0.25, 0.3) is 11.8 Å². The van der Waals surface area contributed by atoms with E-state index in [0.717, 1.165) is 24.0 Å². The first-order valence-electron chi connectivity index (χ1n) is 11.9. The Morgan fingerprint density at radius 3 is 2.56 bits per heavy atom. The number of aliphatic hydroxyl groups is 1. The second-order valence-corrected chi connectivity index (χ2v) is 9.88. The molecule has 3 heterocycles. The third-order valence-electron chi connectivity index (χ3n) is 7.20. The molecule has 180 valence electrons. The first-order chi connectivity index (χ1) is 16.2. The minimum absolute atomic E-state index is 0.177. The molecule has 3 aliphatic rings. The fraction of sp³-hybridized carbons (Fsp3) is 0.480. The number of piperidine rings is 1. The molecule has 0 atom stereocenters. The van der Waals surface area contributed by atoms with Crippen LogP contribution in [0.4, 0.5) is 5.69 Å². The summed E-state index contributed by atoms with van der Waals surface area (Å²) in [4.78, 5) is 41.5. The van der Waals surface area contributed by atoms with Crippen LogP contribution in [0.3, 0.4) is 0 Å². The van der Waals surface area contributed by atoms with Crippen molar-refractivity contribution in [3.8, 4) is 0 Å². The van der Waals surface area contributed by atoms with Crippen molar-refractivity contribution in [2.45, 2.75) is 45.1 Å². The Labute approximate surface area is 198 Å². The summed E-state index contributed by atoms with van der Waals surface area (Å²) in [5.74, 6) is -0.0740. The van der Waals surface area contributed by atoms with Crippen LogP contribution in [0.25, 0.3) is 0 Å². The van der Waals surface area contributed by atoms with E-state index in [1.54, 1.807) is 27.9 Å². The summed E-state index contributed by atoms with van der Waals surface area (Å²) in [6.07, 6.45) is 4.53. The van der Waals surface area contributed by atoms with Crippen molar-refractivity contribution in [2.24, 2.45) is 5.92 Å². The molecule has 0 unspecified atom stereocenters. The van der Waals surface area contributed by atoms with E-state index in [-0.39, 0.29) is 36.9 Å². The SMILES string of the molecule is Cc1ccc(C(=O)Nc2cc3n(c2)NCN(CC2(O)CCN(C(=O)C4CC4)CC2)C3=O)cc1C. The van der Waals surface area contributed by atoms with E-state index in [1.807, 2.05) is 30.9 Å². The molecule has 1 aromatic carbocycles. The highest BCUT2D eigenvalue weighted by molar-refractivity contribution is 6.05. The molecule has 1 aromatic heterocycles. The number of hydrogen-bond acceptors (Lipinski definition) is 5. The predicted molar refractivity (Wildman–Crippen MR) is 127 cm³/mol. The van der Waals surface area contributed by atoms with E-state index < -0.39 is 5.60 Å². The second kappa shape index (κ2) is 8.47. The van der Waals surface area contributed by atoms with Crippen LogP contribution < -0.4 is 10.7 Å². The monoisotopic (exact) mass is 465 g/mol. The van der Waals surface area contributed by atoms with Gasteiger partial charge < -0.3 is 25.6 Å². The molecular weight excluding hydrogens is 434 g/mol. The van der Waals surface area contributed by atoms with Crippen molar-refractivity contribution < 1.29 is 19.5 Å². The molecule has 9 heteroatoms. The van der Waals surface area contributed by atoms with E-state index in [4.69, 9.17) is 0 Å². The molecule has 2 fully saturated rings. The minimum Gasteiger partial charge on any atom is -0.388 e. The quantitative estimate of drug-likeness (QED) is 0.627. The number of hydrogen-bond donors (Lipinski definition) is 3. The maximum Gasteiger partial charge on any atom is 0.274 e. The van der Waals surface area contributed by atoms with E-state index in [1.165, 1.54) is 0 Å². The molecule has 1 saturated heterocycles. The summed E-state index contributed by atoms with van der Waals surface area (Å²) in [7, 11) is 0. The lowest BCUT2D eigenvalue weighted by Crippen LogP contribution is -2.56. The number of carbonyl (C=O) groups is 3. The van der Waals surface area contributed by atoms with E-state index >= 15 is 0 Å². The average molecular weight is 466 g/mol. The number of fused-ring (bicyclic) bond motifs is 1. The van der Waals surface area contributed by atoms with Gasteiger partial charge in [0.05, 0.1) is 24.0 Å². The Hall–Kier alpha value is -3.33. The summed E-state index contributed by atoms with van der Waals surface area (Å²) in [6.45, 7) is 5.44. The topological polar surface area (TPSA) is 107 Å². The molecule has 34 heavy (non-hydrogen) atoms. The molecule has 1 aliphatic carbocycles. The third kappa shape index (κ3) is 4.40. The number of likely N-dealkylation sites (tertiary alicyclic amines) is 1. The number of carbonyl (C=O) groups excluding carboxylic acids is 3. The van der Waals surface area contributed by atoms with Gasteiger partial charge in [-0.15, -0.1) is 0 Å². The van der Waals surface area contributed by atoms with Crippen LogP contribution >= 0.6 is 0 Å². The van der Waals surface area contributed by atoms with Gasteiger partial charge >= 0.3 is 0 Å². The van der Waals surface area contributed by atoms with Crippen LogP contribution in [0.5, 0.6) is 0 Å². The van der Waals surface area contributed by atoms with Crippen molar-refractivity contribution in [3.05, 3.63) is 52.8 Å². The number of amides is 3. The molecule has 3 amide bonds. The van der Waals surface area contributed by atoms with Crippen molar-refractivity contribution in [3.63, 3.8) is 0 Å². The number of rotatable bonds is 5. The Morgan fingerprint density at radius 2 is 1.88 bits per heavy atom. The second-order valence-electron chi connectivity index (χ2n) is 9.88. The van der Waals surface area contributed by atoms with Crippen molar-refractivity contribution >= 4 is 23.4 Å². The molecule has 0 spiro atoms. The lowest BCUT2D eigenvalue weighted by atomic mass is 9.90. The van der Waals surface area contributed by atoms with Gasteiger partial charge in [0.1, 0.15) is 12.4 Å². The summed E-state index contributed by atoms with van der Waals surface area (Å²) in [6, 6.07) is 7.18. The van der Waals surface area contributed by atoms with Gasteiger partial charge in [0.15, 0.2) is 0 Å². The molecule has 5 rings (SSSR count). The predicted octanol–water partition coefficient (Wildman–Crippen LogP) is 2.08. The highest BCUT2D eigenvalue weighted by atomic mass is 16.3. The molecule has 9 nitrogen and oxygen atoms in total. The van der Waals surface area contributed by atoms with Gasteiger partial charge in [0.2, 0.25) is 5.91 Å². The fourth-order valence-corrected chi connectivity index (χ4v) is 4.68. The lowest BCUT2D eigenvalue weighted by molar-refractivity contribution is -0.137. The highest BCUT2D eigenvalue weighted by Crippen LogP contribution is 2.33. The zero-order valence-corrected chi connectivity index (χ0v) is 19.6. The summed E-state index contributed by atoms with van der Waals surface area (Å²) < 4.78 is 1.61. The number of aryl methyl sites for hydroxylation is 2. The number of aromatic nitrogens is 1. The van der Waals surface area contributed by atoms with Crippen molar-refractivity contribution in [1.82, 2.24) is 14.5 Å². The van der Waals surface area contributed by atoms with Gasteiger partial charge in [-0.25, -0.2) is 0 Å². The van der Waals surface area contributed by atoms with Crippen LogP contribution in [0.1, 0.15) is 57.7 Å². The molecule has 0 bridgehead atoms. The van der Waals surface area contributed by atoms with E-state index in [9.17, 15) is 19.5 Å². The van der Waals surface area contributed by atoms with Crippen molar-refractivity contribution in [2.75, 3.05) is 37.0 Å². The van der Waals surface area contributed by atoms with Gasteiger partial charge in [-0.05, 0) is 68.9 Å². The first kappa shape index (κ1) is 22.5. The summed E-state index contributed by atoms with van der Waals surface area (Å²) >= 11 is 0. The number of anilines is 1. The minimum atomic E-state index is -1.02. The van der Waals surface area contributed by atoms with Gasteiger partial charge in [-0.3, -0.25) is 19.1 Å². The standard InChI is InChI=1S/C25H31N5O4/c1-16-3-4-19(11-17(16)2)22(31)27-20-12-21-24(33)29(15-26-30(21)13-20)14-25(34)7-9-28(10-8-25)23(32)18-5-6-18/h3-4,11-13,18,26,34H,5-10,14-15H2,1-2H3,(H,27,31). The Balaban J connectivity index is 1.21. The van der Waals surface area contributed by atoms with Gasteiger partial charge in [-0.1, -0.05) is 6.07 Å². The average Bonchev–Trinajstić information content (AvgIpc) is 3.58. The first-order valence-corrected chi connectivity index (χ1v) is 11.9. The summed E-state index contributed by atoms with van der Waals surface area (Å²) in [5.41, 5.74) is 5.75. The van der Waals surface area contributed by atoms with Gasteiger partial charge in [-0.2, -0.15) is 0 Å². The maximum absolute atomic E-state index is 13.1. The molecular formula is C25H31N5O4. The lowest BCUT2D eigenvalue weighted by Gasteiger charge is -2.42. The van der Waals surface area contributed by atoms with Gasteiger partial charge in [0, 0.05) is 24.6 Å². The van der Waals surface area contributed by atoms with Crippen LogP contribution in [-0.2, 0) is 4.79 Å². The molecule has 0 radical (unpaired) electrons.